The summed E-state index contributed by atoms with van der Waals surface area (Å²) in [5, 5.41) is 2.72. The Hall–Kier alpha value is -3.23. The Bertz CT molecular complexity index is 1120. The Balaban J connectivity index is 1.72. The molecule has 0 atom stereocenters. The number of nitrogens with zero attached hydrogens (tertiary/aromatic N) is 2. The molecular formula is C25H28FN3O4. The van der Waals surface area contributed by atoms with Crippen LogP contribution in [0.4, 0.5) is 15.9 Å². The first-order valence-electron chi connectivity index (χ1n) is 10.8. The number of hydrogen-bond acceptors (Lipinski definition) is 6. The number of anilines is 2. The van der Waals surface area contributed by atoms with E-state index < -0.39 is 11.4 Å². The molecule has 0 saturated heterocycles. The average Bonchev–Trinajstić information content (AvgIpc) is 3.27. The molecule has 174 valence electrons. The summed E-state index contributed by atoms with van der Waals surface area (Å²) < 4.78 is 30.4. The number of fused-ring (bicyclic) bond motifs is 1. The molecule has 3 heterocycles. The van der Waals surface area contributed by atoms with Crippen molar-refractivity contribution in [1.82, 2.24) is 4.98 Å². The number of benzene rings is 1. The number of allylic oxidation sites excluding steroid dienone is 1. The topological polar surface area (TPSA) is 72.9 Å². The lowest BCUT2D eigenvalue weighted by molar-refractivity contribution is -0.111. The second kappa shape index (κ2) is 9.33. The monoisotopic (exact) mass is 453 g/mol. The summed E-state index contributed by atoms with van der Waals surface area (Å²) >= 11 is 0. The minimum atomic E-state index is -0.673. The van der Waals surface area contributed by atoms with Crippen LogP contribution in [0, 0.1) is 5.82 Å². The van der Waals surface area contributed by atoms with E-state index in [9.17, 15) is 9.18 Å². The molecule has 33 heavy (non-hydrogen) atoms. The molecule has 2 aliphatic heterocycles. The minimum absolute atomic E-state index is 0.306. The Labute approximate surface area is 192 Å². The van der Waals surface area contributed by atoms with Crippen LogP contribution in [0.3, 0.4) is 0 Å². The molecule has 1 aromatic heterocycles. The molecule has 1 aromatic carbocycles. The van der Waals surface area contributed by atoms with Crippen LogP contribution in [0.25, 0.3) is 11.1 Å². The fourth-order valence-electron chi connectivity index (χ4n) is 4.11. The summed E-state index contributed by atoms with van der Waals surface area (Å²) in [5.74, 6) is 0.560. The lowest BCUT2D eigenvalue weighted by Crippen LogP contribution is -2.31. The molecule has 2 aromatic rings. The van der Waals surface area contributed by atoms with Crippen molar-refractivity contribution in [1.29, 1.82) is 0 Å². The number of aromatic nitrogens is 1. The fraction of sp³-hybridized carbons (Fsp3) is 0.360. The van der Waals surface area contributed by atoms with Gasteiger partial charge in [0.1, 0.15) is 23.0 Å². The molecule has 7 nitrogen and oxygen atoms in total. The highest BCUT2D eigenvalue weighted by molar-refractivity contribution is 6.32. The Morgan fingerprint density at radius 2 is 1.85 bits per heavy atom. The number of pyridine rings is 1. The summed E-state index contributed by atoms with van der Waals surface area (Å²) in [6.45, 7) is 6.41. The number of carbonyl (C=O) groups is 1. The Morgan fingerprint density at radius 3 is 2.55 bits per heavy atom. The first-order valence-corrected chi connectivity index (χ1v) is 10.8. The van der Waals surface area contributed by atoms with Crippen LogP contribution < -0.4 is 10.2 Å². The molecule has 0 bridgehead atoms. The molecule has 1 amide bonds. The number of carbonyl (C=O) groups excluding carboxylic acids is 1. The van der Waals surface area contributed by atoms with Gasteiger partial charge in [-0.25, -0.2) is 9.37 Å². The van der Waals surface area contributed by atoms with Crippen molar-refractivity contribution in [3.63, 3.8) is 0 Å². The van der Waals surface area contributed by atoms with E-state index in [1.54, 1.807) is 26.5 Å². The third kappa shape index (κ3) is 4.62. The smallest absolute Gasteiger partial charge is 0.260 e. The Kier molecular flexibility index (Phi) is 6.49. The van der Waals surface area contributed by atoms with E-state index in [0.717, 1.165) is 17.0 Å². The van der Waals surface area contributed by atoms with Gasteiger partial charge in [-0.05, 0) is 55.8 Å². The van der Waals surface area contributed by atoms with Gasteiger partial charge in [0.2, 0.25) is 0 Å². The lowest BCUT2D eigenvalue weighted by atomic mass is 9.92. The summed E-state index contributed by atoms with van der Waals surface area (Å²) in [5.41, 5.74) is 2.68. The minimum Gasteiger partial charge on any atom is -0.482 e. The van der Waals surface area contributed by atoms with Gasteiger partial charge in [-0.3, -0.25) is 4.79 Å². The maximum atomic E-state index is 13.6. The SMILES string of the molecule is COCCN(CCOC)c1cc(C2=C/C(=C3\C(=O)Nc4cc(F)ccc43)OC2(C)C)ccn1. The van der Waals surface area contributed by atoms with Crippen LogP contribution >= 0.6 is 0 Å². The zero-order chi connectivity index (χ0) is 23.6. The van der Waals surface area contributed by atoms with Crippen molar-refractivity contribution in [3.05, 3.63) is 65.3 Å². The van der Waals surface area contributed by atoms with E-state index in [-0.39, 0.29) is 5.91 Å². The predicted octanol–water partition coefficient (Wildman–Crippen LogP) is 3.88. The molecule has 0 saturated carbocycles. The number of rotatable bonds is 8. The Morgan fingerprint density at radius 1 is 1.12 bits per heavy atom. The van der Waals surface area contributed by atoms with Crippen molar-refractivity contribution in [3.8, 4) is 0 Å². The molecule has 0 fully saturated rings. The van der Waals surface area contributed by atoms with E-state index in [4.69, 9.17) is 14.2 Å². The highest BCUT2D eigenvalue weighted by atomic mass is 19.1. The first-order chi connectivity index (χ1) is 15.8. The number of ether oxygens (including phenoxy) is 3. The summed E-state index contributed by atoms with van der Waals surface area (Å²) in [6, 6.07) is 8.19. The maximum Gasteiger partial charge on any atom is 0.260 e. The predicted molar refractivity (Wildman–Crippen MR) is 125 cm³/mol. The standard InChI is InChI=1S/C25H28FN3O4/c1-25(2)19(16-7-8-27-22(13-16)29(9-11-31-3)10-12-32-4)15-21(33-25)23-18-6-5-17(26)14-20(18)28-24(23)30/h5-8,13-15H,9-12H2,1-4H3,(H,28,30)/b23-21+. The summed E-state index contributed by atoms with van der Waals surface area (Å²) in [6.07, 6.45) is 3.65. The highest BCUT2D eigenvalue weighted by Gasteiger charge is 2.38. The molecule has 4 rings (SSSR count). The van der Waals surface area contributed by atoms with Crippen LogP contribution in [0.2, 0.25) is 0 Å². The fourth-order valence-corrected chi connectivity index (χ4v) is 4.11. The third-order valence-corrected chi connectivity index (χ3v) is 5.77. The van der Waals surface area contributed by atoms with Crippen LogP contribution in [-0.4, -0.2) is 57.0 Å². The van der Waals surface area contributed by atoms with Crippen LogP contribution in [0.15, 0.2) is 48.4 Å². The number of nitrogens with one attached hydrogen (secondary N) is 1. The van der Waals surface area contributed by atoms with Crippen molar-refractivity contribution < 1.29 is 23.4 Å². The first kappa shape index (κ1) is 22.9. The van der Waals surface area contributed by atoms with Gasteiger partial charge in [0.25, 0.3) is 5.91 Å². The third-order valence-electron chi connectivity index (χ3n) is 5.77. The quantitative estimate of drug-likeness (QED) is 0.612. The van der Waals surface area contributed by atoms with Crippen LogP contribution in [-0.2, 0) is 19.0 Å². The number of hydrogen-bond donors (Lipinski definition) is 1. The van der Waals surface area contributed by atoms with Gasteiger partial charge in [0.05, 0.1) is 24.5 Å². The molecular weight excluding hydrogens is 425 g/mol. The van der Waals surface area contributed by atoms with Crippen molar-refractivity contribution in [2.24, 2.45) is 0 Å². The van der Waals surface area contributed by atoms with E-state index in [0.29, 0.717) is 48.9 Å². The van der Waals surface area contributed by atoms with Crippen molar-refractivity contribution in [2.45, 2.75) is 19.4 Å². The van der Waals surface area contributed by atoms with Gasteiger partial charge in [0, 0.05) is 44.6 Å². The molecule has 0 aliphatic carbocycles. The molecule has 0 spiro atoms. The number of amides is 1. The van der Waals surface area contributed by atoms with Crippen molar-refractivity contribution >= 4 is 28.6 Å². The van der Waals surface area contributed by atoms with Gasteiger partial charge in [-0.2, -0.15) is 0 Å². The van der Waals surface area contributed by atoms with Crippen LogP contribution in [0.1, 0.15) is 25.0 Å². The lowest BCUT2D eigenvalue weighted by Gasteiger charge is -2.26. The summed E-state index contributed by atoms with van der Waals surface area (Å²) in [7, 11) is 3.34. The normalized spacial score (nSPS) is 18.6. The molecule has 2 aliphatic rings. The second-order valence-electron chi connectivity index (χ2n) is 8.43. The largest absolute Gasteiger partial charge is 0.482 e. The molecule has 8 heteroatoms. The van der Waals surface area contributed by atoms with Gasteiger partial charge in [-0.15, -0.1) is 0 Å². The maximum absolute atomic E-state index is 13.6. The van der Waals surface area contributed by atoms with E-state index in [1.807, 2.05) is 32.1 Å². The van der Waals surface area contributed by atoms with Gasteiger partial charge in [-0.1, -0.05) is 0 Å². The van der Waals surface area contributed by atoms with E-state index in [1.165, 1.54) is 12.1 Å². The molecule has 0 unspecified atom stereocenters. The van der Waals surface area contributed by atoms with Crippen LogP contribution in [0.5, 0.6) is 0 Å². The van der Waals surface area contributed by atoms with Gasteiger partial charge in [0.15, 0.2) is 0 Å². The second-order valence-corrected chi connectivity index (χ2v) is 8.43. The van der Waals surface area contributed by atoms with Crippen molar-refractivity contribution in [2.75, 3.05) is 50.7 Å². The average molecular weight is 454 g/mol. The zero-order valence-corrected chi connectivity index (χ0v) is 19.3. The van der Waals surface area contributed by atoms with E-state index >= 15 is 0 Å². The zero-order valence-electron chi connectivity index (χ0n) is 19.3. The highest BCUT2D eigenvalue weighted by Crippen LogP contribution is 2.44. The summed E-state index contributed by atoms with van der Waals surface area (Å²) in [4.78, 5) is 19.3. The van der Waals surface area contributed by atoms with E-state index in [2.05, 4.69) is 15.2 Å². The molecule has 1 N–H and O–H groups in total. The molecule has 0 radical (unpaired) electrons. The number of methoxy groups -OCH3 is 2. The van der Waals surface area contributed by atoms with Gasteiger partial charge < -0.3 is 24.4 Å². The van der Waals surface area contributed by atoms with Gasteiger partial charge >= 0.3 is 0 Å². The number of halogens is 1.